The van der Waals surface area contributed by atoms with Crippen molar-refractivity contribution in [3.63, 3.8) is 0 Å². The fourth-order valence-corrected chi connectivity index (χ4v) is 3.15. The summed E-state index contributed by atoms with van der Waals surface area (Å²) in [5.74, 6) is 0.354. The molecule has 1 atom stereocenters. The van der Waals surface area contributed by atoms with Crippen molar-refractivity contribution >= 4 is 23.5 Å². The Morgan fingerprint density at radius 1 is 1.23 bits per heavy atom. The van der Waals surface area contributed by atoms with E-state index < -0.39 is 11.5 Å². The topological polar surface area (TPSA) is 84.9 Å². The number of hydrogen-bond donors (Lipinski definition) is 2. The first-order chi connectivity index (χ1) is 12.5. The van der Waals surface area contributed by atoms with Crippen molar-refractivity contribution in [1.82, 2.24) is 0 Å². The fraction of sp³-hybridized carbons (Fsp3) is 0.200. The Morgan fingerprint density at radius 3 is 2.88 bits per heavy atom. The molecule has 0 fully saturated rings. The Balaban J connectivity index is 1.53. The average molecular weight is 351 g/mol. The number of ether oxygens (including phenoxy) is 2. The first kappa shape index (κ1) is 16.4. The molecule has 1 amide bonds. The smallest absolute Gasteiger partial charge is 0.261 e. The molecule has 0 radical (unpaired) electrons. The zero-order valence-corrected chi connectivity index (χ0v) is 14.1. The molecule has 2 N–H and O–H groups in total. The molecule has 2 aliphatic rings. The van der Waals surface area contributed by atoms with Crippen molar-refractivity contribution in [2.75, 3.05) is 12.1 Å². The third-order valence-corrected chi connectivity index (χ3v) is 4.53. The summed E-state index contributed by atoms with van der Waals surface area (Å²) in [5.41, 5.74) is 0.796. The van der Waals surface area contributed by atoms with E-state index in [9.17, 15) is 14.7 Å². The van der Waals surface area contributed by atoms with E-state index in [1.807, 2.05) is 13.0 Å². The SMILES string of the molecule is Cc1ccc2c(c1)[C@](O)(CC(=O)/C=C\c1ccc3c(c1)OCO3)C(=O)N2. The lowest BCUT2D eigenvalue weighted by Crippen LogP contribution is -2.36. The standard InChI is InChI=1S/C20H17NO5/c1-12-2-6-16-15(8-12)20(24,19(23)21-16)10-14(22)5-3-13-4-7-17-18(9-13)26-11-25-17/h2-9,24H,10-11H2,1H3,(H,21,23)/b5-3-/t20-/m1/s1. The number of fused-ring (bicyclic) bond motifs is 2. The number of amides is 1. The number of hydrogen-bond acceptors (Lipinski definition) is 5. The first-order valence-corrected chi connectivity index (χ1v) is 8.21. The number of allylic oxidation sites excluding steroid dienone is 1. The van der Waals surface area contributed by atoms with Crippen LogP contribution in [0.4, 0.5) is 5.69 Å². The largest absolute Gasteiger partial charge is 0.454 e. The van der Waals surface area contributed by atoms with Crippen LogP contribution < -0.4 is 14.8 Å². The normalized spacial score (nSPS) is 20.3. The molecule has 2 aromatic rings. The number of anilines is 1. The van der Waals surface area contributed by atoms with E-state index >= 15 is 0 Å². The summed E-state index contributed by atoms with van der Waals surface area (Å²) in [6, 6.07) is 10.6. The molecule has 0 aliphatic carbocycles. The number of aryl methyl sites for hydroxylation is 1. The minimum Gasteiger partial charge on any atom is -0.454 e. The van der Waals surface area contributed by atoms with Crippen LogP contribution in [-0.4, -0.2) is 23.6 Å². The second kappa shape index (κ2) is 6.00. The van der Waals surface area contributed by atoms with E-state index in [-0.39, 0.29) is 19.0 Å². The average Bonchev–Trinajstić information content (AvgIpc) is 3.17. The third-order valence-electron chi connectivity index (χ3n) is 4.53. The van der Waals surface area contributed by atoms with Crippen molar-refractivity contribution in [3.05, 3.63) is 59.2 Å². The summed E-state index contributed by atoms with van der Waals surface area (Å²) in [7, 11) is 0. The predicted molar refractivity (Wildman–Crippen MR) is 94.9 cm³/mol. The van der Waals surface area contributed by atoms with Gasteiger partial charge in [-0.3, -0.25) is 9.59 Å². The van der Waals surface area contributed by atoms with Gasteiger partial charge < -0.3 is 19.9 Å². The van der Waals surface area contributed by atoms with E-state index in [0.717, 1.165) is 11.1 Å². The van der Waals surface area contributed by atoms with Gasteiger partial charge in [-0.15, -0.1) is 0 Å². The molecule has 2 aliphatic heterocycles. The molecule has 0 bridgehead atoms. The van der Waals surface area contributed by atoms with E-state index in [2.05, 4.69) is 5.32 Å². The van der Waals surface area contributed by atoms with Crippen LogP contribution in [0.15, 0.2) is 42.5 Å². The second-order valence-electron chi connectivity index (χ2n) is 6.45. The zero-order valence-electron chi connectivity index (χ0n) is 14.1. The number of nitrogens with one attached hydrogen (secondary N) is 1. The highest BCUT2D eigenvalue weighted by atomic mass is 16.7. The minimum absolute atomic E-state index is 0.183. The van der Waals surface area contributed by atoms with E-state index in [4.69, 9.17) is 9.47 Å². The van der Waals surface area contributed by atoms with Gasteiger partial charge in [0.15, 0.2) is 22.9 Å². The molecule has 4 rings (SSSR count). The lowest BCUT2D eigenvalue weighted by molar-refractivity contribution is -0.138. The summed E-state index contributed by atoms with van der Waals surface area (Å²) < 4.78 is 10.5. The molecule has 0 spiro atoms. The predicted octanol–water partition coefficient (Wildman–Crippen LogP) is 2.54. The third kappa shape index (κ3) is 2.74. The molecule has 6 heteroatoms. The maximum Gasteiger partial charge on any atom is 0.261 e. The Hall–Kier alpha value is -3.12. The van der Waals surface area contributed by atoms with Crippen LogP contribution in [0.25, 0.3) is 6.08 Å². The summed E-state index contributed by atoms with van der Waals surface area (Å²) in [5, 5.41) is 13.5. The van der Waals surface area contributed by atoms with Crippen molar-refractivity contribution in [1.29, 1.82) is 0 Å². The van der Waals surface area contributed by atoms with Crippen LogP contribution in [-0.2, 0) is 15.2 Å². The second-order valence-corrected chi connectivity index (χ2v) is 6.45. The summed E-state index contributed by atoms with van der Waals surface area (Å²) in [6.07, 6.45) is 2.66. The summed E-state index contributed by atoms with van der Waals surface area (Å²) in [6.45, 7) is 2.05. The van der Waals surface area contributed by atoms with Crippen molar-refractivity contribution in [2.45, 2.75) is 18.9 Å². The van der Waals surface area contributed by atoms with Gasteiger partial charge in [-0.2, -0.15) is 0 Å². The summed E-state index contributed by atoms with van der Waals surface area (Å²) >= 11 is 0. The molecule has 0 aromatic heterocycles. The van der Waals surface area contributed by atoms with Crippen molar-refractivity contribution < 1.29 is 24.2 Å². The number of benzene rings is 2. The van der Waals surface area contributed by atoms with Crippen LogP contribution in [0.1, 0.15) is 23.1 Å². The van der Waals surface area contributed by atoms with Gasteiger partial charge >= 0.3 is 0 Å². The quantitative estimate of drug-likeness (QED) is 0.827. The highest BCUT2D eigenvalue weighted by molar-refractivity contribution is 6.08. The molecular weight excluding hydrogens is 334 g/mol. The van der Waals surface area contributed by atoms with Crippen LogP contribution in [0.5, 0.6) is 11.5 Å². The number of rotatable bonds is 4. The van der Waals surface area contributed by atoms with E-state index in [1.165, 1.54) is 6.08 Å². The first-order valence-electron chi connectivity index (χ1n) is 8.21. The van der Waals surface area contributed by atoms with Gasteiger partial charge in [0.25, 0.3) is 5.91 Å². The molecule has 0 saturated heterocycles. The summed E-state index contributed by atoms with van der Waals surface area (Å²) in [4.78, 5) is 24.6. The van der Waals surface area contributed by atoms with Crippen molar-refractivity contribution in [2.24, 2.45) is 0 Å². The molecule has 6 nitrogen and oxygen atoms in total. The molecule has 2 aromatic carbocycles. The van der Waals surface area contributed by atoms with Gasteiger partial charge in [0, 0.05) is 11.3 Å². The zero-order chi connectivity index (χ0) is 18.3. The van der Waals surface area contributed by atoms with Gasteiger partial charge in [-0.1, -0.05) is 29.8 Å². The van der Waals surface area contributed by atoms with Gasteiger partial charge in [-0.05, 0) is 36.8 Å². The highest BCUT2D eigenvalue weighted by Crippen LogP contribution is 2.39. The van der Waals surface area contributed by atoms with Gasteiger partial charge in [0.1, 0.15) is 0 Å². The lowest BCUT2D eigenvalue weighted by atomic mass is 9.89. The maximum absolute atomic E-state index is 12.4. The van der Waals surface area contributed by atoms with Crippen LogP contribution in [0, 0.1) is 6.92 Å². The van der Waals surface area contributed by atoms with Gasteiger partial charge in [-0.25, -0.2) is 0 Å². The molecule has 2 heterocycles. The monoisotopic (exact) mass is 351 g/mol. The Kier molecular flexibility index (Phi) is 3.77. The molecule has 0 unspecified atom stereocenters. The minimum atomic E-state index is -1.85. The Bertz CT molecular complexity index is 949. The maximum atomic E-state index is 12.4. The van der Waals surface area contributed by atoms with Crippen molar-refractivity contribution in [3.8, 4) is 11.5 Å². The Morgan fingerprint density at radius 2 is 2.04 bits per heavy atom. The van der Waals surface area contributed by atoms with E-state index in [0.29, 0.717) is 22.7 Å². The molecular formula is C20H17NO5. The lowest BCUT2D eigenvalue weighted by Gasteiger charge is -2.19. The number of carbonyl (C=O) groups excluding carboxylic acids is 2. The van der Waals surface area contributed by atoms with Crippen LogP contribution in [0.2, 0.25) is 0 Å². The van der Waals surface area contributed by atoms with Crippen LogP contribution >= 0.6 is 0 Å². The van der Waals surface area contributed by atoms with Gasteiger partial charge in [0.2, 0.25) is 6.79 Å². The fourth-order valence-electron chi connectivity index (χ4n) is 3.15. The van der Waals surface area contributed by atoms with E-state index in [1.54, 1.807) is 36.4 Å². The number of ketones is 1. The van der Waals surface area contributed by atoms with Gasteiger partial charge in [0.05, 0.1) is 6.42 Å². The molecule has 26 heavy (non-hydrogen) atoms. The number of carbonyl (C=O) groups is 2. The molecule has 132 valence electrons. The molecule has 0 saturated carbocycles. The highest BCUT2D eigenvalue weighted by Gasteiger charge is 2.46. The van der Waals surface area contributed by atoms with Crippen LogP contribution in [0.3, 0.4) is 0 Å². The number of aliphatic hydroxyl groups is 1. The Labute approximate surface area is 150 Å².